The van der Waals surface area contributed by atoms with Crippen molar-refractivity contribution in [2.24, 2.45) is 0 Å². The van der Waals surface area contributed by atoms with E-state index in [-0.39, 0.29) is 23.2 Å². The predicted molar refractivity (Wildman–Crippen MR) is 117 cm³/mol. The van der Waals surface area contributed by atoms with E-state index >= 15 is 0 Å². The van der Waals surface area contributed by atoms with Crippen molar-refractivity contribution >= 4 is 23.6 Å². The summed E-state index contributed by atoms with van der Waals surface area (Å²) in [6.07, 6.45) is 5.52. The molecule has 0 atom stereocenters. The van der Waals surface area contributed by atoms with Gasteiger partial charge >= 0.3 is 0 Å². The lowest BCUT2D eigenvalue weighted by atomic mass is 10.1. The highest BCUT2D eigenvalue weighted by Crippen LogP contribution is 2.37. The number of hydrogen-bond donors (Lipinski definition) is 1. The molecule has 0 spiro atoms. The van der Waals surface area contributed by atoms with E-state index in [2.05, 4.69) is 11.4 Å². The van der Waals surface area contributed by atoms with Gasteiger partial charge in [-0.3, -0.25) is 4.79 Å². The van der Waals surface area contributed by atoms with Crippen LogP contribution in [0.2, 0.25) is 5.02 Å². The van der Waals surface area contributed by atoms with Crippen molar-refractivity contribution in [1.82, 2.24) is 5.32 Å². The van der Waals surface area contributed by atoms with E-state index in [9.17, 15) is 15.3 Å². The second kappa shape index (κ2) is 10.5. The molecule has 1 saturated carbocycles. The van der Waals surface area contributed by atoms with Gasteiger partial charge in [0.05, 0.1) is 23.8 Å². The average Bonchev–Trinajstić information content (AvgIpc) is 3.29. The fraction of sp³-hybridized carbons (Fsp3) is 0.292. The lowest BCUT2D eigenvalue weighted by molar-refractivity contribution is -0.117. The van der Waals surface area contributed by atoms with E-state index in [1.807, 2.05) is 12.1 Å². The molecule has 1 N–H and O–H groups in total. The first-order valence-electron chi connectivity index (χ1n) is 9.96. The van der Waals surface area contributed by atoms with Crippen LogP contribution in [0.1, 0.15) is 42.4 Å². The van der Waals surface area contributed by atoms with Gasteiger partial charge in [-0.05, 0) is 42.7 Å². The van der Waals surface area contributed by atoms with Crippen molar-refractivity contribution in [3.8, 4) is 23.6 Å². The summed E-state index contributed by atoms with van der Waals surface area (Å²) >= 11 is 6.41. The first-order valence-corrected chi connectivity index (χ1v) is 10.3. The Morgan fingerprint density at radius 1 is 1.26 bits per heavy atom. The highest BCUT2D eigenvalue weighted by molar-refractivity contribution is 6.32. The van der Waals surface area contributed by atoms with Gasteiger partial charge < -0.3 is 14.8 Å². The maximum absolute atomic E-state index is 12.4. The Labute approximate surface area is 186 Å². The molecule has 0 saturated heterocycles. The summed E-state index contributed by atoms with van der Waals surface area (Å²) in [4.78, 5) is 12.4. The van der Waals surface area contributed by atoms with Crippen molar-refractivity contribution in [2.45, 2.75) is 38.3 Å². The zero-order valence-corrected chi connectivity index (χ0v) is 17.9. The molecule has 3 rings (SSSR count). The van der Waals surface area contributed by atoms with E-state index in [1.54, 1.807) is 30.3 Å². The Hall–Kier alpha value is -3.48. The SMILES string of the molecule is COc1cc(/C=C(/C#N)C(=O)NC2CCCC2)cc(Cl)c1OCc1ccccc1C#N. The molecule has 0 bridgehead atoms. The molecular weight excluding hydrogens is 414 g/mol. The minimum atomic E-state index is -0.391. The first-order chi connectivity index (χ1) is 15.0. The number of nitrogens with zero attached hydrogens (tertiary/aromatic N) is 2. The van der Waals surface area contributed by atoms with Crippen molar-refractivity contribution in [2.75, 3.05) is 7.11 Å². The van der Waals surface area contributed by atoms with Gasteiger partial charge in [0.25, 0.3) is 5.91 Å². The second-order valence-corrected chi connectivity index (χ2v) is 7.62. The number of benzene rings is 2. The second-order valence-electron chi connectivity index (χ2n) is 7.22. The number of halogens is 1. The molecule has 0 aromatic heterocycles. The van der Waals surface area contributed by atoms with Crippen LogP contribution in [0.15, 0.2) is 42.0 Å². The number of nitrogens with one attached hydrogen (secondary N) is 1. The first kappa shape index (κ1) is 22.2. The fourth-order valence-electron chi connectivity index (χ4n) is 3.52. The van der Waals surface area contributed by atoms with Crippen LogP contribution in [0, 0.1) is 22.7 Å². The average molecular weight is 436 g/mol. The van der Waals surface area contributed by atoms with Gasteiger partial charge in [0.2, 0.25) is 0 Å². The van der Waals surface area contributed by atoms with Gasteiger partial charge in [0.1, 0.15) is 18.2 Å². The predicted octanol–water partition coefficient (Wildman–Crippen LogP) is 4.77. The van der Waals surface area contributed by atoms with Crippen LogP contribution in [0.3, 0.4) is 0 Å². The molecular formula is C24H22ClN3O3. The Kier molecular flexibility index (Phi) is 7.54. The Morgan fingerprint density at radius 3 is 2.68 bits per heavy atom. The number of carbonyl (C=O) groups is 1. The summed E-state index contributed by atoms with van der Waals surface area (Å²) in [5, 5.41) is 21.9. The van der Waals surface area contributed by atoms with E-state index in [0.29, 0.717) is 22.6 Å². The quantitative estimate of drug-likeness (QED) is 0.499. The van der Waals surface area contributed by atoms with Gasteiger partial charge in [-0.2, -0.15) is 10.5 Å². The van der Waals surface area contributed by atoms with Crippen molar-refractivity contribution < 1.29 is 14.3 Å². The van der Waals surface area contributed by atoms with Gasteiger partial charge in [-0.15, -0.1) is 0 Å². The molecule has 2 aromatic carbocycles. The van der Waals surface area contributed by atoms with E-state index < -0.39 is 5.91 Å². The van der Waals surface area contributed by atoms with Crippen LogP contribution in [-0.4, -0.2) is 19.1 Å². The lowest BCUT2D eigenvalue weighted by Gasteiger charge is -2.14. The van der Waals surface area contributed by atoms with Crippen LogP contribution < -0.4 is 14.8 Å². The van der Waals surface area contributed by atoms with Crippen molar-refractivity contribution in [3.05, 3.63) is 63.7 Å². The molecule has 2 aromatic rings. The molecule has 0 radical (unpaired) electrons. The standard InChI is InChI=1S/C24H22ClN3O3/c1-30-22-12-16(10-19(14-27)24(29)28-20-8-4-5-9-20)11-21(25)23(22)31-15-18-7-3-2-6-17(18)13-26/h2-3,6-7,10-12,20H,4-5,8-9,15H2,1H3,(H,28,29)/b19-10-. The molecule has 31 heavy (non-hydrogen) atoms. The molecule has 1 aliphatic rings. The smallest absolute Gasteiger partial charge is 0.262 e. The highest BCUT2D eigenvalue weighted by atomic mass is 35.5. The summed E-state index contributed by atoms with van der Waals surface area (Å²) in [7, 11) is 1.48. The summed E-state index contributed by atoms with van der Waals surface area (Å²) in [6.45, 7) is 0.141. The summed E-state index contributed by atoms with van der Waals surface area (Å²) in [5.41, 5.74) is 1.79. The Bertz CT molecular complexity index is 1080. The zero-order valence-electron chi connectivity index (χ0n) is 17.2. The number of carbonyl (C=O) groups excluding carboxylic acids is 1. The van der Waals surface area contributed by atoms with Gasteiger partial charge in [-0.1, -0.05) is 42.6 Å². The van der Waals surface area contributed by atoms with Crippen LogP contribution >= 0.6 is 11.6 Å². The van der Waals surface area contributed by atoms with Crippen LogP contribution in [0.4, 0.5) is 0 Å². The Balaban J connectivity index is 1.81. The van der Waals surface area contributed by atoms with E-state index in [0.717, 1.165) is 31.2 Å². The Morgan fingerprint density at radius 2 is 2.00 bits per heavy atom. The maximum atomic E-state index is 12.4. The van der Waals surface area contributed by atoms with Gasteiger partial charge in [-0.25, -0.2) is 0 Å². The van der Waals surface area contributed by atoms with Gasteiger partial charge in [0.15, 0.2) is 11.5 Å². The number of ether oxygens (including phenoxy) is 2. The van der Waals surface area contributed by atoms with Crippen LogP contribution in [0.25, 0.3) is 6.08 Å². The lowest BCUT2D eigenvalue weighted by Crippen LogP contribution is -2.33. The maximum Gasteiger partial charge on any atom is 0.262 e. The minimum absolute atomic E-state index is 0.00151. The normalized spacial score (nSPS) is 13.9. The number of methoxy groups -OCH3 is 1. The monoisotopic (exact) mass is 435 g/mol. The summed E-state index contributed by atoms with van der Waals surface area (Å²) in [6, 6.07) is 14.6. The molecule has 1 aliphatic carbocycles. The van der Waals surface area contributed by atoms with Crippen molar-refractivity contribution in [3.63, 3.8) is 0 Å². The number of amides is 1. The third kappa shape index (κ3) is 5.57. The molecule has 1 amide bonds. The highest BCUT2D eigenvalue weighted by Gasteiger charge is 2.20. The molecule has 0 heterocycles. The van der Waals surface area contributed by atoms with Gasteiger partial charge in [0, 0.05) is 11.6 Å². The molecule has 6 nitrogen and oxygen atoms in total. The van der Waals surface area contributed by atoms with Crippen LogP contribution in [-0.2, 0) is 11.4 Å². The fourth-order valence-corrected chi connectivity index (χ4v) is 3.79. The van der Waals surface area contributed by atoms with E-state index in [4.69, 9.17) is 21.1 Å². The third-order valence-electron chi connectivity index (χ3n) is 5.13. The van der Waals surface area contributed by atoms with Crippen LogP contribution in [0.5, 0.6) is 11.5 Å². The zero-order chi connectivity index (χ0) is 22.2. The number of nitriles is 2. The molecule has 1 fully saturated rings. The molecule has 0 unspecified atom stereocenters. The topological polar surface area (TPSA) is 95.1 Å². The number of rotatable bonds is 7. The van der Waals surface area contributed by atoms with Crippen molar-refractivity contribution in [1.29, 1.82) is 10.5 Å². The largest absolute Gasteiger partial charge is 0.493 e. The minimum Gasteiger partial charge on any atom is -0.493 e. The third-order valence-corrected chi connectivity index (χ3v) is 5.41. The van der Waals surface area contributed by atoms with E-state index in [1.165, 1.54) is 13.2 Å². The summed E-state index contributed by atoms with van der Waals surface area (Å²) in [5.74, 6) is 0.294. The summed E-state index contributed by atoms with van der Waals surface area (Å²) < 4.78 is 11.2. The molecule has 0 aliphatic heterocycles. The molecule has 7 heteroatoms. The molecule has 158 valence electrons. The number of hydrogen-bond acceptors (Lipinski definition) is 5.